The van der Waals surface area contributed by atoms with Crippen LogP contribution in [0, 0.1) is 10.8 Å². The molecule has 2 amide bonds. The minimum Gasteiger partial charge on any atom is -0.394 e. The van der Waals surface area contributed by atoms with Crippen molar-refractivity contribution in [3.8, 4) is 0 Å². The van der Waals surface area contributed by atoms with Gasteiger partial charge < -0.3 is 50.0 Å². The smallest absolute Gasteiger partial charge is 0.345 e. The molecule has 2 aliphatic heterocycles. The molecule has 0 aromatic rings. The van der Waals surface area contributed by atoms with Crippen LogP contribution in [0.3, 0.4) is 0 Å². The first-order chi connectivity index (χ1) is 17.2. The van der Waals surface area contributed by atoms with Gasteiger partial charge in [0.15, 0.2) is 6.23 Å². The summed E-state index contributed by atoms with van der Waals surface area (Å²) < 4.78 is 16.6. The molecule has 210 valence electrons. The molecule has 0 aromatic carbocycles. The second-order valence-corrected chi connectivity index (χ2v) is 9.05. The number of rotatable bonds is 12. The van der Waals surface area contributed by atoms with E-state index in [2.05, 4.69) is 5.29 Å². The standard InChI is InChI=1S/C20H36ClN3O12/c1-2-4-23(20(32)24(22-33)5-3-21)19-18(31)14(27)10(11(6-25)36-19)8-34-9-13-16(29)17(30)15(28)12(7-26)35-13/h10-19,25-31H,2-9H2,1H3. The van der Waals surface area contributed by atoms with E-state index in [-0.39, 0.29) is 32.2 Å². The molecule has 0 aromatic heterocycles. The Balaban J connectivity index is 2.07. The van der Waals surface area contributed by atoms with E-state index in [1.54, 1.807) is 6.92 Å². The maximum atomic E-state index is 12.8. The van der Waals surface area contributed by atoms with Crippen LogP contribution in [0.15, 0.2) is 5.29 Å². The number of hydrogen-bond donors (Lipinski definition) is 7. The molecule has 2 rings (SSSR count). The molecule has 0 radical (unpaired) electrons. The van der Waals surface area contributed by atoms with Gasteiger partial charge in [0, 0.05) is 18.3 Å². The van der Waals surface area contributed by atoms with E-state index in [9.17, 15) is 45.4 Å². The van der Waals surface area contributed by atoms with Gasteiger partial charge in [-0.1, -0.05) is 6.92 Å². The molecule has 15 nitrogen and oxygen atoms in total. The molecule has 7 N–H and O–H groups in total. The number of carbonyl (C=O) groups is 1. The third-order valence-corrected chi connectivity index (χ3v) is 6.44. The zero-order valence-electron chi connectivity index (χ0n) is 19.8. The van der Waals surface area contributed by atoms with E-state index in [0.717, 1.165) is 4.90 Å². The maximum Gasteiger partial charge on any atom is 0.345 e. The summed E-state index contributed by atoms with van der Waals surface area (Å²) in [6.45, 7) is -0.232. The monoisotopic (exact) mass is 545 g/mol. The van der Waals surface area contributed by atoms with Crippen LogP contribution in [0.1, 0.15) is 13.3 Å². The number of urea groups is 1. The van der Waals surface area contributed by atoms with Gasteiger partial charge in [-0.05, 0) is 6.42 Å². The molecular formula is C20H36ClN3O12. The van der Waals surface area contributed by atoms with Crippen molar-refractivity contribution in [3.63, 3.8) is 0 Å². The first-order valence-corrected chi connectivity index (χ1v) is 12.2. The molecule has 0 saturated carbocycles. The molecule has 10 unspecified atom stereocenters. The average Bonchev–Trinajstić information content (AvgIpc) is 2.88. The fourth-order valence-electron chi connectivity index (χ4n) is 4.25. The molecule has 10 atom stereocenters. The van der Waals surface area contributed by atoms with Crippen molar-refractivity contribution >= 4 is 17.6 Å². The van der Waals surface area contributed by atoms with Crippen molar-refractivity contribution in [1.82, 2.24) is 9.91 Å². The van der Waals surface area contributed by atoms with Crippen LogP contribution in [0.2, 0.25) is 0 Å². The van der Waals surface area contributed by atoms with Crippen LogP contribution in [0.5, 0.6) is 0 Å². The number of carbonyl (C=O) groups excluding carboxylic acids is 1. The zero-order chi connectivity index (χ0) is 27.0. The van der Waals surface area contributed by atoms with E-state index in [0.29, 0.717) is 11.4 Å². The lowest BCUT2D eigenvalue weighted by molar-refractivity contribution is -0.258. The van der Waals surface area contributed by atoms with Crippen LogP contribution < -0.4 is 0 Å². The van der Waals surface area contributed by atoms with E-state index in [1.165, 1.54) is 0 Å². The molecular weight excluding hydrogens is 510 g/mol. The molecule has 2 fully saturated rings. The number of aliphatic hydroxyl groups excluding tert-OH is 7. The van der Waals surface area contributed by atoms with E-state index in [4.69, 9.17) is 25.8 Å². The van der Waals surface area contributed by atoms with Crippen molar-refractivity contribution in [2.24, 2.45) is 11.2 Å². The molecule has 2 saturated heterocycles. The van der Waals surface area contributed by atoms with Crippen LogP contribution in [-0.4, -0.2) is 152 Å². The van der Waals surface area contributed by atoms with Crippen LogP contribution >= 0.6 is 11.6 Å². The number of nitrogens with zero attached hydrogens (tertiary/aromatic N) is 3. The number of alkyl halides is 1. The first-order valence-electron chi connectivity index (χ1n) is 11.6. The SMILES string of the molecule is CCCN(C(=O)N(CCCl)N=O)C1OC(CO)C(COCC2OC(CO)C(O)C(O)C2O)C(O)C1O. The lowest BCUT2D eigenvalue weighted by Gasteiger charge is -2.46. The lowest BCUT2D eigenvalue weighted by Crippen LogP contribution is -2.64. The molecule has 0 spiro atoms. The third kappa shape index (κ3) is 6.99. The van der Waals surface area contributed by atoms with Gasteiger partial charge in [-0.15, -0.1) is 16.5 Å². The van der Waals surface area contributed by atoms with E-state index in [1.807, 2.05) is 0 Å². The molecule has 0 bridgehead atoms. The fraction of sp³-hybridized carbons (Fsp3) is 0.950. The minimum absolute atomic E-state index is 0.0397. The van der Waals surface area contributed by atoms with E-state index < -0.39 is 80.2 Å². The largest absolute Gasteiger partial charge is 0.394 e. The summed E-state index contributed by atoms with van der Waals surface area (Å²) in [5, 5.41) is 73.8. The topological polar surface area (TPSA) is 222 Å². The van der Waals surface area contributed by atoms with Gasteiger partial charge in [0.05, 0.1) is 50.5 Å². The second kappa shape index (κ2) is 14.6. The predicted molar refractivity (Wildman–Crippen MR) is 121 cm³/mol. The van der Waals surface area contributed by atoms with Crippen LogP contribution in [0.4, 0.5) is 4.79 Å². The van der Waals surface area contributed by atoms with Gasteiger partial charge in [-0.3, -0.25) is 4.90 Å². The molecule has 36 heavy (non-hydrogen) atoms. The highest BCUT2D eigenvalue weighted by molar-refractivity contribution is 6.18. The number of ether oxygens (including phenoxy) is 3. The normalized spacial score (nSPS) is 36.9. The van der Waals surface area contributed by atoms with Crippen molar-refractivity contribution < 1.29 is 54.8 Å². The number of nitroso groups, excluding NO2 is 1. The lowest BCUT2D eigenvalue weighted by atomic mass is 9.89. The summed E-state index contributed by atoms with van der Waals surface area (Å²) in [6, 6.07) is -0.891. The van der Waals surface area contributed by atoms with Gasteiger partial charge >= 0.3 is 6.03 Å². The summed E-state index contributed by atoms with van der Waals surface area (Å²) in [7, 11) is 0. The Kier molecular flexibility index (Phi) is 12.6. The van der Waals surface area contributed by atoms with Gasteiger partial charge in [-0.2, -0.15) is 5.01 Å². The second-order valence-electron chi connectivity index (χ2n) is 8.67. The Morgan fingerprint density at radius 1 is 0.889 bits per heavy atom. The van der Waals surface area contributed by atoms with Crippen molar-refractivity contribution in [1.29, 1.82) is 0 Å². The van der Waals surface area contributed by atoms with Gasteiger partial charge in [-0.25, -0.2) is 4.79 Å². The van der Waals surface area contributed by atoms with Gasteiger partial charge in [0.2, 0.25) is 0 Å². The van der Waals surface area contributed by atoms with Crippen LogP contribution in [-0.2, 0) is 14.2 Å². The number of amides is 2. The average molecular weight is 546 g/mol. The summed E-state index contributed by atoms with van der Waals surface area (Å²) >= 11 is 5.61. The summed E-state index contributed by atoms with van der Waals surface area (Å²) in [6.07, 6.45) is -12.1. The number of halogens is 1. The van der Waals surface area contributed by atoms with Crippen LogP contribution in [0.25, 0.3) is 0 Å². The van der Waals surface area contributed by atoms with Crippen molar-refractivity contribution in [2.75, 3.05) is 45.4 Å². The maximum absolute atomic E-state index is 12.8. The zero-order valence-corrected chi connectivity index (χ0v) is 20.6. The molecule has 2 heterocycles. The molecule has 2 aliphatic rings. The quantitative estimate of drug-likeness (QED) is 0.0738. The first kappa shape index (κ1) is 31.0. The fourth-order valence-corrected chi connectivity index (χ4v) is 4.41. The third-order valence-electron chi connectivity index (χ3n) is 6.27. The van der Waals surface area contributed by atoms with Gasteiger partial charge in [0.1, 0.15) is 36.6 Å². The number of aliphatic hydroxyl groups is 7. The Morgan fingerprint density at radius 3 is 2.08 bits per heavy atom. The Hall–Kier alpha value is -1.24. The number of hydrogen-bond acceptors (Lipinski definition) is 13. The Labute approximate surface area is 212 Å². The summed E-state index contributed by atoms with van der Waals surface area (Å²) in [5.74, 6) is -1.05. The highest BCUT2D eigenvalue weighted by Crippen LogP contribution is 2.30. The van der Waals surface area contributed by atoms with Gasteiger partial charge in [0.25, 0.3) is 0 Å². The molecule has 0 aliphatic carbocycles. The minimum atomic E-state index is -1.64. The van der Waals surface area contributed by atoms with E-state index >= 15 is 0 Å². The highest BCUT2D eigenvalue weighted by Gasteiger charge is 2.49. The summed E-state index contributed by atoms with van der Waals surface area (Å²) in [5.41, 5.74) is 0. The Morgan fingerprint density at radius 2 is 1.53 bits per heavy atom. The summed E-state index contributed by atoms with van der Waals surface area (Å²) in [4.78, 5) is 24.9. The molecule has 16 heteroatoms. The van der Waals surface area contributed by atoms with Crippen molar-refractivity contribution in [2.45, 2.75) is 68.4 Å². The predicted octanol–water partition coefficient (Wildman–Crippen LogP) is -3.05. The van der Waals surface area contributed by atoms with Crippen molar-refractivity contribution in [3.05, 3.63) is 4.91 Å². The Bertz CT molecular complexity index is 692. The highest BCUT2D eigenvalue weighted by atomic mass is 35.5.